The van der Waals surface area contributed by atoms with Crippen LogP contribution in [0.25, 0.3) is 0 Å². The van der Waals surface area contributed by atoms with Gasteiger partial charge in [0.05, 0.1) is 0 Å². The van der Waals surface area contributed by atoms with Gasteiger partial charge < -0.3 is 4.74 Å². The third-order valence-electron chi connectivity index (χ3n) is 3.70. The molecule has 26 heavy (non-hydrogen) atoms. The lowest BCUT2D eigenvalue weighted by Crippen LogP contribution is -2.27. The van der Waals surface area contributed by atoms with Gasteiger partial charge in [-0.05, 0) is 49.9 Å². The number of hydrogen-bond acceptors (Lipinski definition) is 4. The number of nitrogens with one attached hydrogen (secondary N) is 1. The molecule has 0 bridgehead atoms. The Balaban J connectivity index is 2.11. The first-order chi connectivity index (χ1) is 12.2. The van der Waals surface area contributed by atoms with Crippen LogP contribution in [-0.2, 0) is 11.2 Å². The van der Waals surface area contributed by atoms with Crippen molar-refractivity contribution < 1.29 is 14.3 Å². The zero-order valence-electron chi connectivity index (χ0n) is 16.0. The van der Waals surface area contributed by atoms with Crippen LogP contribution in [0.4, 0.5) is 10.6 Å². The van der Waals surface area contributed by atoms with Gasteiger partial charge in [0.15, 0.2) is 5.78 Å². The molecule has 2 aromatic rings. The van der Waals surface area contributed by atoms with Crippen LogP contribution in [0.15, 0.2) is 42.6 Å². The number of Topliss-reactive ketones (excluding diaryl/α,β-unsaturated/α-hetero) is 1. The maximum Gasteiger partial charge on any atom is 0.413 e. The third-order valence-corrected chi connectivity index (χ3v) is 3.70. The summed E-state index contributed by atoms with van der Waals surface area (Å²) in [5.74, 6) is 0.683. The lowest BCUT2D eigenvalue weighted by atomic mass is 9.92. The molecule has 0 fully saturated rings. The molecule has 1 aromatic carbocycles. The van der Waals surface area contributed by atoms with E-state index in [0.29, 0.717) is 5.82 Å². The van der Waals surface area contributed by atoms with Crippen molar-refractivity contribution in [3.05, 3.63) is 59.3 Å². The number of nitrogens with zero attached hydrogens (tertiary/aromatic N) is 1. The molecule has 0 unspecified atom stereocenters. The second kappa shape index (κ2) is 8.13. The molecule has 2 rings (SSSR count). The van der Waals surface area contributed by atoms with Crippen LogP contribution >= 0.6 is 0 Å². The van der Waals surface area contributed by atoms with Crippen molar-refractivity contribution in [2.24, 2.45) is 0 Å². The topological polar surface area (TPSA) is 68.3 Å². The van der Waals surface area contributed by atoms with Crippen molar-refractivity contribution in [2.45, 2.75) is 52.6 Å². The lowest BCUT2D eigenvalue weighted by Gasteiger charge is -2.19. The molecule has 0 saturated heterocycles. The average molecular weight is 354 g/mol. The smallest absolute Gasteiger partial charge is 0.413 e. The van der Waals surface area contributed by atoms with Gasteiger partial charge in [-0.25, -0.2) is 9.78 Å². The Bertz CT molecular complexity index is 792. The molecule has 0 saturated carbocycles. The second-order valence-corrected chi connectivity index (χ2v) is 7.52. The largest absolute Gasteiger partial charge is 0.444 e. The zero-order chi connectivity index (χ0) is 19.3. The fourth-order valence-electron chi connectivity index (χ4n) is 2.60. The van der Waals surface area contributed by atoms with E-state index in [2.05, 4.69) is 24.1 Å². The highest BCUT2D eigenvalue weighted by Crippen LogP contribution is 2.21. The Kier molecular flexibility index (Phi) is 6.14. The molecule has 0 radical (unpaired) electrons. The summed E-state index contributed by atoms with van der Waals surface area (Å²) in [5.41, 5.74) is 1.98. The number of carbonyl (C=O) groups excluding carboxylic acids is 2. The van der Waals surface area contributed by atoms with E-state index < -0.39 is 11.7 Å². The highest BCUT2D eigenvalue weighted by atomic mass is 16.6. The van der Waals surface area contributed by atoms with Gasteiger partial charge in [-0.15, -0.1) is 0 Å². The summed E-state index contributed by atoms with van der Waals surface area (Å²) in [6, 6.07) is 11.1. The molecule has 0 aliphatic carbocycles. The Morgan fingerprint density at radius 2 is 1.85 bits per heavy atom. The number of ketones is 1. The zero-order valence-corrected chi connectivity index (χ0v) is 16.0. The van der Waals surface area contributed by atoms with E-state index in [1.807, 2.05) is 24.3 Å². The quantitative estimate of drug-likeness (QED) is 0.769. The summed E-state index contributed by atoms with van der Waals surface area (Å²) >= 11 is 0. The number of ether oxygens (including phenoxy) is 1. The van der Waals surface area contributed by atoms with E-state index in [1.54, 1.807) is 39.1 Å². The predicted molar refractivity (Wildman–Crippen MR) is 103 cm³/mol. The molecule has 0 atom stereocenters. The number of anilines is 1. The van der Waals surface area contributed by atoms with Gasteiger partial charge in [0.1, 0.15) is 11.4 Å². The molecular formula is C21H26N2O3. The standard InChI is InChI=1S/C21H26N2O3/c1-14(2)16-8-6-7-9-17(16)18(24)12-15-10-11-22-19(13-15)23-20(25)26-21(3,4)5/h6-11,13-14H,12H2,1-5H3,(H,22,23,25). The minimum atomic E-state index is -0.585. The molecule has 0 aliphatic rings. The highest BCUT2D eigenvalue weighted by molar-refractivity contribution is 5.99. The summed E-state index contributed by atoms with van der Waals surface area (Å²) in [6.07, 6.45) is 1.25. The number of rotatable bonds is 5. The van der Waals surface area contributed by atoms with Crippen molar-refractivity contribution in [3.8, 4) is 0 Å². The Labute approximate surface area is 154 Å². The normalized spacial score (nSPS) is 11.3. The maximum absolute atomic E-state index is 12.7. The van der Waals surface area contributed by atoms with Crippen LogP contribution < -0.4 is 5.32 Å². The number of aromatic nitrogens is 1. The number of pyridine rings is 1. The van der Waals surface area contributed by atoms with Crippen LogP contribution in [0.1, 0.15) is 62.0 Å². The van der Waals surface area contributed by atoms with E-state index in [9.17, 15) is 9.59 Å². The summed E-state index contributed by atoms with van der Waals surface area (Å²) in [7, 11) is 0. The van der Waals surface area contributed by atoms with Crippen molar-refractivity contribution >= 4 is 17.7 Å². The van der Waals surface area contributed by atoms with Gasteiger partial charge in [-0.1, -0.05) is 38.1 Å². The Morgan fingerprint density at radius 1 is 1.15 bits per heavy atom. The SMILES string of the molecule is CC(C)c1ccccc1C(=O)Cc1ccnc(NC(=O)OC(C)(C)C)c1. The van der Waals surface area contributed by atoms with Gasteiger partial charge >= 0.3 is 6.09 Å². The average Bonchev–Trinajstić information content (AvgIpc) is 2.53. The Hall–Kier alpha value is -2.69. The highest BCUT2D eigenvalue weighted by Gasteiger charge is 2.17. The molecule has 138 valence electrons. The molecule has 5 heteroatoms. The summed E-state index contributed by atoms with van der Waals surface area (Å²) in [6.45, 7) is 9.52. The van der Waals surface area contributed by atoms with E-state index in [4.69, 9.17) is 4.74 Å². The minimum Gasteiger partial charge on any atom is -0.444 e. The van der Waals surface area contributed by atoms with Gasteiger partial charge in [-0.3, -0.25) is 10.1 Å². The second-order valence-electron chi connectivity index (χ2n) is 7.52. The predicted octanol–water partition coefficient (Wildman–Crippen LogP) is 4.98. The van der Waals surface area contributed by atoms with E-state index in [0.717, 1.165) is 16.7 Å². The van der Waals surface area contributed by atoms with Crippen LogP contribution in [0, 0.1) is 0 Å². The van der Waals surface area contributed by atoms with Gasteiger partial charge in [0.2, 0.25) is 0 Å². The molecule has 0 spiro atoms. The summed E-state index contributed by atoms with van der Waals surface area (Å²) < 4.78 is 5.22. The first kappa shape index (κ1) is 19.6. The lowest BCUT2D eigenvalue weighted by molar-refractivity contribution is 0.0635. The fraction of sp³-hybridized carbons (Fsp3) is 0.381. The number of benzene rings is 1. The van der Waals surface area contributed by atoms with Crippen LogP contribution in [0.3, 0.4) is 0 Å². The van der Waals surface area contributed by atoms with Gasteiger partial charge in [0, 0.05) is 18.2 Å². The van der Waals surface area contributed by atoms with Crippen LogP contribution in [-0.4, -0.2) is 22.5 Å². The number of amides is 1. The fourth-order valence-corrected chi connectivity index (χ4v) is 2.60. The molecule has 1 N–H and O–H groups in total. The minimum absolute atomic E-state index is 0.0451. The molecular weight excluding hydrogens is 328 g/mol. The number of hydrogen-bond donors (Lipinski definition) is 1. The van der Waals surface area contributed by atoms with Crippen LogP contribution in [0.2, 0.25) is 0 Å². The molecule has 1 heterocycles. The molecule has 1 amide bonds. The summed E-state index contributed by atoms with van der Waals surface area (Å²) in [4.78, 5) is 28.7. The monoisotopic (exact) mass is 354 g/mol. The van der Waals surface area contributed by atoms with E-state index >= 15 is 0 Å². The van der Waals surface area contributed by atoms with E-state index in [1.165, 1.54) is 0 Å². The first-order valence-corrected chi connectivity index (χ1v) is 8.73. The Morgan fingerprint density at radius 3 is 2.50 bits per heavy atom. The van der Waals surface area contributed by atoms with E-state index in [-0.39, 0.29) is 18.1 Å². The van der Waals surface area contributed by atoms with Gasteiger partial charge in [0.25, 0.3) is 0 Å². The van der Waals surface area contributed by atoms with Crippen molar-refractivity contribution in [1.82, 2.24) is 4.98 Å². The maximum atomic E-state index is 12.7. The summed E-state index contributed by atoms with van der Waals surface area (Å²) in [5, 5.41) is 2.60. The first-order valence-electron chi connectivity index (χ1n) is 8.73. The van der Waals surface area contributed by atoms with Crippen molar-refractivity contribution in [3.63, 3.8) is 0 Å². The molecule has 0 aliphatic heterocycles. The van der Waals surface area contributed by atoms with Gasteiger partial charge in [-0.2, -0.15) is 0 Å². The molecule has 1 aromatic heterocycles. The van der Waals surface area contributed by atoms with Crippen molar-refractivity contribution in [2.75, 3.05) is 5.32 Å². The number of carbonyl (C=O) groups is 2. The van der Waals surface area contributed by atoms with Crippen LogP contribution in [0.5, 0.6) is 0 Å². The third kappa shape index (κ3) is 5.69. The molecule has 5 nitrogen and oxygen atoms in total. The van der Waals surface area contributed by atoms with Crippen molar-refractivity contribution in [1.29, 1.82) is 0 Å².